The standard InChI is InChI=1S/C14H22F3N5O/c15-14(16,17)9-22-13(18-19-20-22)8-21-7-3-5-11(21)10-4-1-2-6-12(10)23/h10-12,23H,1-9H2/t10-,11+,12-/m1/s1. The van der Waals surface area contributed by atoms with Crippen LogP contribution in [0, 0.1) is 5.92 Å². The van der Waals surface area contributed by atoms with Crippen molar-refractivity contribution in [2.45, 2.75) is 69.9 Å². The highest BCUT2D eigenvalue weighted by molar-refractivity contribution is 4.93. The molecule has 9 heteroatoms. The molecule has 0 spiro atoms. The van der Waals surface area contributed by atoms with Crippen molar-refractivity contribution in [1.82, 2.24) is 25.1 Å². The summed E-state index contributed by atoms with van der Waals surface area (Å²) in [5.41, 5.74) is 0. The Labute approximate surface area is 132 Å². The van der Waals surface area contributed by atoms with Crippen molar-refractivity contribution in [3.63, 3.8) is 0 Å². The topological polar surface area (TPSA) is 67.1 Å². The molecule has 1 N–H and O–H groups in total. The van der Waals surface area contributed by atoms with Gasteiger partial charge in [0.2, 0.25) is 0 Å². The first-order valence-corrected chi connectivity index (χ1v) is 8.18. The zero-order valence-corrected chi connectivity index (χ0v) is 12.9. The maximum atomic E-state index is 12.6. The van der Waals surface area contributed by atoms with Crippen LogP contribution in [0.4, 0.5) is 13.2 Å². The lowest BCUT2D eigenvalue weighted by atomic mass is 9.80. The van der Waals surface area contributed by atoms with Crippen molar-refractivity contribution >= 4 is 0 Å². The first-order chi connectivity index (χ1) is 10.9. The van der Waals surface area contributed by atoms with E-state index in [1.807, 2.05) is 0 Å². The van der Waals surface area contributed by atoms with Crippen LogP contribution in [0.3, 0.4) is 0 Å². The molecule has 3 rings (SSSR count). The van der Waals surface area contributed by atoms with Gasteiger partial charge < -0.3 is 5.11 Å². The summed E-state index contributed by atoms with van der Waals surface area (Å²) in [5, 5.41) is 20.9. The molecule has 3 atom stereocenters. The molecule has 1 saturated carbocycles. The maximum Gasteiger partial charge on any atom is 0.408 e. The molecule has 0 aromatic carbocycles. The van der Waals surface area contributed by atoms with Crippen LogP contribution < -0.4 is 0 Å². The fourth-order valence-corrected chi connectivity index (χ4v) is 3.93. The van der Waals surface area contributed by atoms with Crippen molar-refractivity contribution in [2.75, 3.05) is 6.54 Å². The smallest absolute Gasteiger partial charge is 0.393 e. The van der Waals surface area contributed by atoms with Crippen molar-refractivity contribution in [3.8, 4) is 0 Å². The summed E-state index contributed by atoms with van der Waals surface area (Å²) in [4.78, 5) is 2.14. The van der Waals surface area contributed by atoms with E-state index < -0.39 is 12.7 Å². The minimum atomic E-state index is -4.34. The van der Waals surface area contributed by atoms with Gasteiger partial charge in [0.1, 0.15) is 6.54 Å². The molecule has 0 amide bonds. The Bertz CT molecular complexity index is 521. The molecule has 130 valence electrons. The third kappa shape index (κ3) is 4.00. The third-order valence-electron chi connectivity index (χ3n) is 4.97. The van der Waals surface area contributed by atoms with Crippen molar-refractivity contribution in [2.24, 2.45) is 5.92 Å². The summed E-state index contributed by atoms with van der Waals surface area (Å²) >= 11 is 0. The summed E-state index contributed by atoms with van der Waals surface area (Å²) in [6.45, 7) is -0.0520. The number of aromatic nitrogens is 4. The number of hydrogen-bond acceptors (Lipinski definition) is 5. The fourth-order valence-electron chi connectivity index (χ4n) is 3.93. The van der Waals surface area contributed by atoms with Gasteiger partial charge in [-0.25, -0.2) is 4.68 Å². The first kappa shape index (κ1) is 16.6. The van der Waals surface area contributed by atoms with E-state index in [1.54, 1.807) is 0 Å². The van der Waals surface area contributed by atoms with Crippen LogP contribution >= 0.6 is 0 Å². The number of rotatable bonds is 4. The normalized spacial score (nSPS) is 30.0. The van der Waals surface area contributed by atoms with Crippen molar-refractivity contribution in [3.05, 3.63) is 5.82 Å². The number of alkyl halides is 3. The van der Waals surface area contributed by atoms with Gasteiger partial charge in [0, 0.05) is 12.0 Å². The Balaban J connectivity index is 1.68. The molecular formula is C14H22F3N5O. The monoisotopic (exact) mass is 333 g/mol. The van der Waals surface area contributed by atoms with Gasteiger partial charge in [0.05, 0.1) is 12.6 Å². The zero-order chi connectivity index (χ0) is 16.4. The fraction of sp³-hybridized carbons (Fsp3) is 0.929. The van der Waals surface area contributed by atoms with E-state index in [0.717, 1.165) is 49.8 Å². The van der Waals surface area contributed by atoms with E-state index >= 15 is 0 Å². The zero-order valence-electron chi connectivity index (χ0n) is 12.9. The van der Waals surface area contributed by atoms with Crippen LogP contribution in [0.1, 0.15) is 44.3 Å². The Morgan fingerprint density at radius 3 is 2.65 bits per heavy atom. The lowest BCUT2D eigenvalue weighted by Gasteiger charge is -2.37. The first-order valence-electron chi connectivity index (χ1n) is 8.18. The van der Waals surface area contributed by atoms with Crippen LogP contribution in [0.2, 0.25) is 0 Å². The number of aliphatic hydroxyl groups is 1. The van der Waals surface area contributed by atoms with Gasteiger partial charge in [-0.1, -0.05) is 12.8 Å². The molecular weight excluding hydrogens is 311 g/mol. The van der Waals surface area contributed by atoms with Gasteiger partial charge in [-0.05, 0) is 42.7 Å². The van der Waals surface area contributed by atoms with E-state index in [1.165, 1.54) is 0 Å². The molecule has 0 unspecified atom stereocenters. The highest BCUT2D eigenvalue weighted by Crippen LogP contribution is 2.35. The maximum absolute atomic E-state index is 12.6. The second kappa shape index (κ2) is 6.72. The average Bonchev–Trinajstić information content (AvgIpc) is 3.09. The number of likely N-dealkylation sites (tertiary alicyclic amines) is 1. The third-order valence-corrected chi connectivity index (χ3v) is 4.97. The van der Waals surface area contributed by atoms with E-state index in [-0.39, 0.29) is 23.9 Å². The minimum absolute atomic E-state index is 0.207. The molecule has 2 fully saturated rings. The van der Waals surface area contributed by atoms with E-state index in [0.29, 0.717) is 6.54 Å². The van der Waals surface area contributed by atoms with Crippen LogP contribution in [0.5, 0.6) is 0 Å². The molecule has 1 aromatic heterocycles. The molecule has 0 radical (unpaired) electrons. The van der Waals surface area contributed by atoms with E-state index in [9.17, 15) is 18.3 Å². The summed E-state index contributed by atoms with van der Waals surface area (Å²) < 4.78 is 38.5. The minimum Gasteiger partial charge on any atom is -0.393 e. The summed E-state index contributed by atoms with van der Waals surface area (Å²) in [6.07, 6.45) is 1.29. The predicted octanol–water partition coefficient (Wildman–Crippen LogP) is 1.75. The highest BCUT2D eigenvalue weighted by Gasteiger charge is 2.38. The second-order valence-electron chi connectivity index (χ2n) is 6.56. The van der Waals surface area contributed by atoms with Crippen LogP contribution in [-0.2, 0) is 13.1 Å². The van der Waals surface area contributed by atoms with Crippen LogP contribution in [-0.4, -0.2) is 55.1 Å². The molecule has 1 aromatic rings. The molecule has 6 nitrogen and oxygen atoms in total. The molecule has 2 heterocycles. The number of tetrazole rings is 1. The molecule has 1 aliphatic carbocycles. The van der Waals surface area contributed by atoms with Crippen molar-refractivity contribution in [1.29, 1.82) is 0 Å². The SMILES string of the molecule is O[C@@H]1CCCC[C@@H]1[C@@H]1CCCN1Cc1nnnn1CC(F)(F)F. The molecule has 1 saturated heterocycles. The van der Waals surface area contributed by atoms with Crippen molar-refractivity contribution < 1.29 is 18.3 Å². The number of hydrogen-bond donors (Lipinski definition) is 1. The van der Waals surface area contributed by atoms with Gasteiger partial charge >= 0.3 is 6.18 Å². The van der Waals surface area contributed by atoms with E-state index in [4.69, 9.17) is 0 Å². The largest absolute Gasteiger partial charge is 0.408 e. The van der Waals surface area contributed by atoms with Gasteiger partial charge in [0.25, 0.3) is 0 Å². The van der Waals surface area contributed by atoms with Crippen LogP contribution in [0.15, 0.2) is 0 Å². The second-order valence-corrected chi connectivity index (χ2v) is 6.56. The quantitative estimate of drug-likeness (QED) is 0.909. The predicted molar refractivity (Wildman–Crippen MR) is 75.3 cm³/mol. The summed E-state index contributed by atoms with van der Waals surface area (Å²) in [5.74, 6) is 0.442. The van der Waals surface area contributed by atoms with E-state index in [2.05, 4.69) is 20.4 Å². The summed E-state index contributed by atoms with van der Waals surface area (Å²) in [6, 6.07) is 0.210. The van der Waals surface area contributed by atoms with Gasteiger partial charge in [-0.3, -0.25) is 4.90 Å². The Morgan fingerprint density at radius 1 is 1.13 bits per heavy atom. The lowest BCUT2D eigenvalue weighted by molar-refractivity contribution is -0.143. The van der Waals surface area contributed by atoms with Crippen LogP contribution in [0.25, 0.3) is 0 Å². The number of halogens is 3. The Hall–Kier alpha value is -1.22. The molecule has 2 aliphatic rings. The van der Waals surface area contributed by atoms with Gasteiger partial charge in [0.15, 0.2) is 5.82 Å². The molecule has 1 aliphatic heterocycles. The number of nitrogens with zero attached hydrogens (tertiary/aromatic N) is 5. The lowest BCUT2D eigenvalue weighted by Crippen LogP contribution is -2.42. The molecule has 23 heavy (non-hydrogen) atoms. The average molecular weight is 333 g/mol. The molecule has 0 bridgehead atoms. The number of aliphatic hydroxyl groups excluding tert-OH is 1. The van der Waals surface area contributed by atoms with Gasteiger partial charge in [-0.2, -0.15) is 13.2 Å². The summed E-state index contributed by atoms with van der Waals surface area (Å²) in [7, 11) is 0. The highest BCUT2D eigenvalue weighted by atomic mass is 19.4. The Kier molecular flexibility index (Phi) is 4.86. The van der Waals surface area contributed by atoms with Gasteiger partial charge in [-0.15, -0.1) is 5.10 Å². The Morgan fingerprint density at radius 2 is 1.91 bits per heavy atom.